The number of aromatic nitrogens is 2. The second-order valence-electron chi connectivity index (χ2n) is 9.41. The van der Waals surface area contributed by atoms with Crippen LogP contribution >= 0.6 is 11.3 Å². The second-order valence-corrected chi connectivity index (χ2v) is 10.4. The van der Waals surface area contributed by atoms with Crippen molar-refractivity contribution in [2.24, 2.45) is 5.92 Å². The lowest BCUT2D eigenvalue weighted by Crippen LogP contribution is -2.37. The molecule has 0 aliphatic carbocycles. The number of methoxy groups -OCH3 is 1. The fourth-order valence-electron chi connectivity index (χ4n) is 4.54. The normalized spacial score (nSPS) is 14.8. The lowest BCUT2D eigenvalue weighted by Gasteiger charge is -2.30. The number of nitrogens with zero attached hydrogens (tertiary/aromatic N) is 3. The summed E-state index contributed by atoms with van der Waals surface area (Å²) in [4.78, 5) is 13.4. The van der Waals surface area contributed by atoms with Crippen molar-refractivity contribution in [2.45, 2.75) is 46.1 Å². The van der Waals surface area contributed by atoms with Crippen LogP contribution in [-0.2, 0) is 11.2 Å². The third kappa shape index (κ3) is 6.02. The van der Waals surface area contributed by atoms with Crippen LogP contribution in [0, 0.1) is 18.7 Å². The summed E-state index contributed by atoms with van der Waals surface area (Å²) < 4.78 is 26.2. The smallest absolute Gasteiger partial charge is 0.306 e. The quantitative estimate of drug-likeness (QED) is 0.407. The highest BCUT2D eigenvalue weighted by molar-refractivity contribution is 7.18. The van der Waals surface area contributed by atoms with Crippen molar-refractivity contribution in [1.82, 2.24) is 15.1 Å². The molecule has 0 unspecified atom stereocenters. The van der Waals surface area contributed by atoms with Crippen LogP contribution in [0.1, 0.15) is 37.8 Å². The maximum atomic E-state index is 14.7. The van der Waals surface area contributed by atoms with Crippen molar-refractivity contribution < 1.29 is 23.8 Å². The van der Waals surface area contributed by atoms with Gasteiger partial charge in [0.2, 0.25) is 0 Å². The van der Waals surface area contributed by atoms with Crippen LogP contribution in [0.2, 0.25) is 0 Å². The van der Waals surface area contributed by atoms with Crippen molar-refractivity contribution in [3.05, 3.63) is 47.3 Å². The molecule has 1 aliphatic rings. The Balaban J connectivity index is 1.53. The van der Waals surface area contributed by atoms with Gasteiger partial charge in [-0.3, -0.25) is 4.79 Å². The van der Waals surface area contributed by atoms with Crippen LogP contribution in [-0.4, -0.2) is 59.0 Å². The number of benzene rings is 2. The van der Waals surface area contributed by atoms with Gasteiger partial charge in [-0.05, 0) is 94.6 Å². The summed E-state index contributed by atoms with van der Waals surface area (Å²) >= 11 is 1.39. The highest BCUT2D eigenvalue weighted by Crippen LogP contribution is 2.39. The van der Waals surface area contributed by atoms with E-state index in [4.69, 9.17) is 9.47 Å². The van der Waals surface area contributed by atoms with Gasteiger partial charge in [0.25, 0.3) is 0 Å². The Morgan fingerprint density at radius 3 is 2.56 bits per heavy atom. The molecule has 2 heterocycles. The van der Waals surface area contributed by atoms with E-state index < -0.39 is 5.97 Å². The maximum Gasteiger partial charge on any atom is 0.306 e. The average Bonchev–Trinajstić information content (AvgIpc) is 3.34. The summed E-state index contributed by atoms with van der Waals surface area (Å²) in [5.41, 5.74) is 3.27. The number of ether oxygens (including phenoxy) is 2. The largest absolute Gasteiger partial charge is 0.496 e. The molecule has 192 valence electrons. The number of hydrogen-bond acceptors (Lipinski definition) is 7. The molecule has 0 spiro atoms. The Morgan fingerprint density at radius 2 is 1.92 bits per heavy atom. The van der Waals surface area contributed by atoms with Gasteiger partial charge in [0.1, 0.15) is 22.3 Å². The van der Waals surface area contributed by atoms with Gasteiger partial charge in [-0.25, -0.2) is 4.39 Å². The molecule has 0 atom stereocenters. The van der Waals surface area contributed by atoms with E-state index in [1.807, 2.05) is 39.0 Å². The number of carboxylic acids is 1. The summed E-state index contributed by atoms with van der Waals surface area (Å²) in [5, 5.41) is 19.2. The monoisotopic (exact) mass is 513 g/mol. The first-order valence-corrected chi connectivity index (χ1v) is 13.0. The zero-order valence-electron chi connectivity index (χ0n) is 21.1. The maximum absolute atomic E-state index is 14.7. The standard InChI is InChI=1S/C27H32FN3O4S/c1-16(2)35-23-6-5-20(13-17(23)3)25-29-30-26(36-25)22-15-21(28)14-19(24(22)34-4)9-12-31-10-7-18(8-11-31)27(32)33/h5-6,13-16,18H,7-12H2,1-4H3,(H,32,33). The minimum absolute atomic E-state index is 0.0916. The molecule has 0 bridgehead atoms. The van der Waals surface area contributed by atoms with E-state index in [-0.39, 0.29) is 17.8 Å². The van der Waals surface area contributed by atoms with E-state index in [1.165, 1.54) is 23.5 Å². The molecule has 4 rings (SSSR count). The fraction of sp³-hybridized carbons (Fsp3) is 0.444. The number of aryl methyl sites for hydroxylation is 1. The van der Waals surface area contributed by atoms with Crippen LogP contribution in [0.25, 0.3) is 21.1 Å². The second kappa shape index (κ2) is 11.3. The third-order valence-corrected chi connectivity index (χ3v) is 7.41. The predicted molar refractivity (Wildman–Crippen MR) is 138 cm³/mol. The van der Waals surface area contributed by atoms with Gasteiger partial charge >= 0.3 is 5.97 Å². The molecular formula is C27H32FN3O4S. The van der Waals surface area contributed by atoms with Gasteiger partial charge in [-0.2, -0.15) is 0 Å². The number of aliphatic carboxylic acids is 1. The summed E-state index contributed by atoms with van der Waals surface area (Å²) in [6.07, 6.45) is 1.96. The molecule has 9 heteroatoms. The first kappa shape index (κ1) is 26.0. The Labute approximate surface area is 214 Å². The molecule has 2 aromatic carbocycles. The SMILES string of the molecule is COc1c(CCN2CCC(C(=O)O)CC2)cc(F)cc1-c1nnc(-c2ccc(OC(C)C)c(C)c2)s1. The molecule has 0 radical (unpaired) electrons. The zero-order chi connectivity index (χ0) is 25.8. The van der Waals surface area contributed by atoms with Crippen LogP contribution < -0.4 is 9.47 Å². The molecule has 0 amide bonds. The van der Waals surface area contributed by atoms with E-state index in [9.17, 15) is 14.3 Å². The minimum atomic E-state index is -0.725. The van der Waals surface area contributed by atoms with Crippen molar-refractivity contribution in [2.75, 3.05) is 26.7 Å². The molecule has 1 N–H and O–H groups in total. The Kier molecular flexibility index (Phi) is 8.21. The van der Waals surface area contributed by atoms with E-state index in [1.54, 1.807) is 7.11 Å². The zero-order valence-corrected chi connectivity index (χ0v) is 21.9. The van der Waals surface area contributed by atoms with Gasteiger partial charge in [0.05, 0.1) is 24.7 Å². The summed E-state index contributed by atoms with van der Waals surface area (Å²) in [6, 6.07) is 8.85. The number of rotatable bonds is 9. The van der Waals surface area contributed by atoms with Crippen LogP contribution in [0.15, 0.2) is 30.3 Å². The van der Waals surface area contributed by atoms with E-state index in [0.717, 1.165) is 40.5 Å². The number of carboxylic acid groups (broad SMARTS) is 1. The lowest BCUT2D eigenvalue weighted by molar-refractivity contribution is -0.143. The molecule has 1 fully saturated rings. The number of hydrogen-bond donors (Lipinski definition) is 1. The first-order valence-electron chi connectivity index (χ1n) is 12.2. The molecule has 3 aromatic rings. The summed E-state index contributed by atoms with van der Waals surface area (Å²) in [7, 11) is 1.58. The number of likely N-dealkylation sites (tertiary alicyclic amines) is 1. The highest BCUT2D eigenvalue weighted by atomic mass is 32.1. The average molecular weight is 514 g/mol. The van der Waals surface area contributed by atoms with Gasteiger partial charge < -0.3 is 19.5 Å². The predicted octanol–water partition coefficient (Wildman–Crippen LogP) is 5.45. The van der Waals surface area contributed by atoms with Gasteiger partial charge in [-0.1, -0.05) is 11.3 Å². The molecule has 0 saturated carbocycles. The summed E-state index contributed by atoms with van der Waals surface area (Å²) in [5.74, 6) is 0.0788. The fourth-order valence-corrected chi connectivity index (χ4v) is 5.39. The topological polar surface area (TPSA) is 84.8 Å². The van der Waals surface area contributed by atoms with Gasteiger partial charge in [0, 0.05) is 12.1 Å². The number of carbonyl (C=O) groups is 1. The number of piperidine rings is 1. The van der Waals surface area contributed by atoms with Crippen molar-refractivity contribution >= 4 is 17.3 Å². The highest BCUT2D eigenvalue weighted by Gasteiger charge is 2.25. The third-order valence-electron chi connectivity index (χ3n) is 6.41. The van der Waals surface area contributed by atoms with E-state index >= 15 is 0 Å². The molecule has 1 saturated heterocycles. The van der Waals surface area contributed by atoms with Crippen LogP contribution in [0.3, 0.4) is 0 Å². The molecule has 36 heavy (non-hydrogen) atoms. The van der Waals surface area contributed by atoms with E-state index in [0.29, 0.717) is 42.1 Å². The van der Waals surface area contributed by atoms with E-state index in [2.05, 4.69) is 15.1 Å². The van der Waals surface area contributed by atoms with Crippen LogP contribution in [0.5, 0.6) is 11.5 Å². The van der Waals surface area contributed by atoms with Crippen molar-refractivity contribution in [3.63, 3.8) is 0 Å². The number of halogens is 1. The molecular weight excluding hydrogens is 481 g/mol. The minimum Gasteiger partial charge on any atom is -0.496 e. The van der Waals surface area contributed by atoms with Crippen molar-refractivity contribution in [3.8, 4) is 32.6 Å². The lowest BCUT2D eigenvalue weighted by atomic mass is 9.96. The molecule has 1 aliphatic heterocycles. The van der Waals surface area contributed by atoms with Crippen molar-refractivity contribution in [1.29, 1.82) is 0 Å². The summed E-state index contributed by atoms with van der Waals surface area (Å²) in [6.45, 7) is 8.13. The Hall–Kier alpha value is -3.04. The van der Waals surface area contributed by atoms with Gasteiger partial charge in [0.15, 0.2) is 5.01 Å². The Bertz CT molecular complexity index is 1220. The molecule has 1 aromatic heterocycles. The Morgan fingerprint density at radius 1 is 1.19 bits per heavy atom. The first-order chi connectivity index (χ1) is 17.2. The van der Waals surface area contributed by atoms with Gasteiger partial charge in [-0.15, -0.1) is 10.2 Å². The van der Waals surface area contributed by atoms with Crippen LogP contribution in [0.4, 0.5) is 4.39 Å². The molecule has 7 nitrogen and oxygen atoms in total.